The van der Waals surface area contributed by atoms with Gasteiger partial charge >= 0.3 is 0 Å². The van der Waals surface area contributed by atoms with Crippen LogP contribution in [0.4, 0.5) is 14.5 Å². The van der Waals surface area contributed by atoms with Crippen molar-refractivity contribution < 1.29 is 18.3 Å². The Balaban J connectivity index is 1.68. The van der Waals surface area contributed by atoms with Gasteiger partial charge in [0.25, 0.3) is 0 Å². The van der Waals surface area contributed by atoms with Crippen LogP contribution >= 0.6 is 0 Å². The molecule has 0 aromatic heterocycles. The number of morpholine rings is 1. The third-order valence-corrected chi connectivity index (χ3v) is 3.90. The van der Waals surface area contributed by atoms with Crippen LogP contribution in [0.2, 0.25) is 0 Å². The zero-order valence-corrected chi connectivity index (χ0v) is 13.0. The number of anilines is 1. The average Bonchev–Trinajstić information content (AvgIpc) is 2.63. The van der Waals surface area contributed by atoms with Gasteiger partial charge in [0, 0.05) is 24.3 Å². The molecule has 0 bridgehead atoms. The van der Waals surface area contributed by atoms with E-state index in [0.29, 0.717) is 24.3 Å². The standard InChI is InChI=1S/C19H17F2NO2/c20-17-7-1-14(13-18(17)21)2-8-19(23)15-3-5-16(6-4-15)22-9-11-24-12-10-22/h1-8,13H,9-12H2/b8-2+. The number of hydrogen-bond donors (Lipinski definition) is 0. The first-order chi connectivity index (χ1) is 11.6. The molecule has 0 amide bonds. The van der Waals surface area contributed by atoms with Crippen molar-refractivity contribution in [3.05, 3.63) is 71.3 Å². The molecule has 0 N–H and O–H groups in total. The molecule has 1 saturated heterocycles. The Hall–Kier alpha value is -2.53. The van der Waals surface area contributed by atoms with E-state index in [2.05, 4.69) is 4.90 Å². The molecule has 124 valence electrons. The molecule has 1 fully saturated rings. The van der Waals surface area contributed by atoms with E-state index in [9.17, 15) is 13.6 Å². The fourth-order valence-electron chi connectivity index (χ4n) is 2.54. The van der Waals surface area contributed by atoms with Gasteiger partial charge < -0.3 is 9.64 Å². The molecular formula is C19H17F2NO2. The molecule has 1 aliphatic rings. The van der Waals surface area contributed by atoms with E-state index >= 15 is 0 Å². The second-order valence-corrected chi connectivity index (χ2v) is 5.52. The predicted octanol–water partition coefficient (Wildman–Crippen LogP) is 3.70. The van der Waals surface area contributed by atoms with E-state index in [1.165, 1.54) is 18.2 Å². The van der Waals surface area contributed by atoms with Crippen LogP contribution in [0, 0.1) is 11.6 Å². The monoisotopic (exact) mass is 329 g/mol. The highest BCUT2D eigenvalue weighted by molar-refractivity contribution is 6.06. The first-order valence-corrected chi connectivity index (χ1v) is 7.74. The Kier molecular flexibility index (Phi) is 5.01. The van der Waals surface area contributed by atoms with Gasteiger partial charge in [-0.1, -0.05) is 12.1 Å². The molecule has 1 heterocycles. The van der Waals surface area contributed by atoms with Gasteiger partial charge in [-0.05, 0) is 48.0 Å². The Bertz CT molecular complexity index is 750. The second-order valence-electron chi connectivity index (χ2n) is 5.52. The third kappa shape index (κ3) is 3.86. The molecule has 2 aromatic carbocycles. The largest absolute Gasteiger partial charge is 0.378 e. The summed E-state index contributed by atoms with van der Waals surface area (Å²) in [5.41, 5.74) is 2.04. The molecule has 0 aliphatic carbocycles. The topological polar surface area (TPSA) is 29.5 Å². The molecule has 0 spiro atoms. The smallest absolute Gasteiger partial charge is 0.185 e. The third-order valence-electron chi connectivity index (χ3n) is 3.90. The Morgan fingerprint density at radius 3 is 2.38 bits per heavy atom. The molecule has 0 atom stereocenters. The molecule has 0 unspecified atom stereocenters. The summed E-state index contributed by atoms with van der Waals surface area (Å²) in [6.45, 7) is 3.09. The normalized spacial score (nSPS) is 15.0. The van der Waals surface area contributed by atoms with E-state index in [-0.39, 0.29) is 5.78 Å². The van der Waals surface area contributed by atoms with Gasteiger partial charge in [-0.2, -0.15) is 0 Å². The number of ether oxygens (including phenoxy) is 1. The van der Waals surface area contributed by atoms with Crippen molar-refractivity contribution in [1.82, 2.24) is 0 Å². The lowest BCUT2D eigenvalue weighted by molar-refractivity contribution is 0.104. The molecule has 3 rings (SSSR count). The van der Waals surface area contributed by atoms with E-state index in [1.807, 2.05) is 12.1 Å². The van der Waals surface area contributed by atoms with Gasteiger partial charge in [-0.3, -0.25) is 4.79 Å². The molecule has 2 aromatic rings. The molecule has 5 heteroatoms. The van der Waals surface area contributed by atoms with Crippen molar-refractivity contribution in [2.24, 2.45) is 0 Å². The minimum atomic E-state index is -0.931. The number of carbonyl (C=O) groups excluding carboxylic acids is 1. The summed E-state index contributed by atoms with van der Waals surface area (Å²) < 4.78 is 31.3. The minimum absolute atomic E-state index is 0.187. The lowest BCUT2D eigenvalue weighted by atomic mass is 10.1. The number of allylic oxidation sites excluding steroid dienone is 1. The number of ketones is 1. The van der Waals surface area contributed by atoms with Crippen molar-refractivity contribution in [3.63, 3.8) is 0 Å². The van der Waals surface area contributed by atoms with Crippen molar-refractivity contribution in [3.8, 4) is 0 Å². The van der Waals surface area contributed by atoms with Crippen molar-refractivity contribution >= 4 is 17.5 Å². The van der Waals surface area contributed by atoms with Gasteiger partial charge in [0.05, 0.1) is 13.2 Å². The van der Waals surface area contributed by atoms with Crippen LogP contribution in [-0.2, 0) is 4.74 Å². The number of halogens is 2. The fourth-order valence-corrected chi connectivity index (χ4v) is 2.54. The summed E-state index contributed by atoms with van der Waals surface area (Å²) in [6, 6.07) is 10.9. The van der Waals surface area contributed by atoms with Gasteiger partial charge in [-0.15, -0.1) is 0 Å². The van der Waals surface area contributed by atoms with E-state index in [1.54, 1.807) is 12.1 Å². The summed E-state index contributed by atoms with van der Waals surface area (Å²) >= 11 is 0. The van der Waals surface area contributed by atoms with Crippen LogP contribution in [0.15, 0.2) is 48.5 Å². The molecule has 0 saturated carbocycles. The minimum Gasteiger partial charge on any atom is -0.378 e. The van der Waals surface area contributed by atoms with Crippen LogP contribution in [0.25, 0.3) is 6.08 Å². The number of carbonyl (C=O) groups is 1. The first-order valence-electron chi connectivity index (χ1n) is 7.74. The van der Waals surface area contributed by atoms with Crippen LogP contribution in [0.3, 0.4) is 0 Å². The maximum Gasteiger partial charge on any atom is 0.185 e. The van der Waals surface area contributed by atoms with E-state index < -0.39 is 11.6 Å². The Morgan fingerprint density at radius 1 is 1.00 bits per heavy atom. The van der Waals surface area contributed by atoms with Gasteiger partial charge in [0.15, 0.2) is 17.4 Å². The van der Waals surface area contributed by atoms with E-state index in [0.717, 1.165) is 30.9 Å². The van der Waals surface area contributed by atoms with Crippen molar-refractivity contribution in [2.45, 2.75) is 0 Å². The Morgan fingerprint density at radius 2 is 1.71 bits per heavy atom. The Labute approximate surface area is 139 Å². The van der Waals surface area contributed by atoms with Gasteiger partial charge in [-0.25, -0.2) is 8.78 Å². The number of hydrogen-bond acceptors (Lipinski definition) is 3. The van der Waals surface area contributed by atoms with Gasteiger partial charge in [0.1, 0.15) is 0 Å². The highest BCUT2D eigenvalue weighted by atomic mass is 19.2. The fraction of sp³-hybridized carbons (Fsp3) is 0.211. The van der Waals surface area contributed by atoms with Crippen LogP contribution in [-0.4, -0.2) is 32.1 Å². The summed E-state index contributed by atoms with van der Waals surface area (Å²) in [5, 5.41) is 0. The maximum absolute atomic E-state index is 13.1. The molecule has 3 nitrogen and oxygen atoms in total. The summed E-state index contributed by atoms with van der Waals surface area (Å²) in [5.74, 6) is -2.02. The number of nitrogens with zero attached hydrogens (tertiary/aromatic N) is 1. The summed E-state index contributed by atoms with van der Waals surface area (Å²) in [6.07, 6.45) is 2.83. The lowest BCUT2D eigenvalue weighted by Gasteiger charge is -2.28. The number of rotatable bonds is 4. The zero-order chi connectivity index (χ0) is 16.9. The van der Waals surface area contributed by atoms with Crippen molar-refractivity contribution in [1.29, 1.82) is 0 Å². The van der Waals surface area contributed by atoms with Crippen LogP contribution in [0.5, 0.6) is 0 Å². The first kappa shape index (κ1) is 16.3. The predicted molar refractivity (Wildman–Crippen MR) is 89.2 cm³/mol. The maximum atomic E-state index is 13.1. The molecule has 0 radical (unpaired) electrons. The van der Waals surface area contributed by atoms with E-state index in [4.69, 9.17) is 4.74 Å². The molecular weight excluding hydrogens is 312 g/mol. The summed E-state index contributed by atoms with van der Waals surface area (Å²) in [7, 11) is 0. The second kappa shape index (κ2) is 7.36. The molecule has 24 heavy (non-hydrogen) atoms. The van der Waals surface area contributed by atoms with Crippen LogP contribution in [0.1, 0.15) is 15.9 Å². The summed E-state index contributed by atoms with van der Waals surface area (Å²) in [4.78, 5) is 14.4. The number of benzene rings is 2. The molecule has 1 aliphatic heterocycles. The highest BCUT2D eigenvalue weighted by Crippen LogP contribution is 2.17. The van der Waals surface area contributed by atoms with Crippen molar-refractivity contribution in [2.75, 3.05) is 31.2 Å². The average molecular weight is 329 g/mol. The quantitative estimate of drug-likeness (QED) is 0.633. The lowest BCUT2D eigenvalue weighted by Crippen LogP contribution is -2.36. The highest BCUT2D eigenvalue weighted by Gasteiger charge is 2.11. The van der Waals surface area contributed by atoms with Gasteiger partial charge in [0.2, 0.25) is 0 Å². The SMILES string of the molecule is O=C(/C=C/c1ccc(F)c(F)c1)c1ccc(N2CCOCC2)cc1. The van der Waals surface area contributed by atoms with Crippen LogP contribution < -0.4 is 4.90 Å². The zero-order valence-electron chi connectivity index (χ0n) is 13.0.